The van der Waals surface area contributed by atoms with E-state index < -0.39 is 6.09 Å². The number of nitrogens with one attached hydrogen (secondary N) is 1. The van der Waals surface area contributed by atoms with Gasteiger partial charge in [-0.2, -0.15) is 4.98 Å². The van der Waals surface area contributed by atoms with Gasteiger partial charge >= 0.3 is 6.09 Å². The molecule has 172 valence electrons. The van der Waals surface area contributed by atoms with Crippen molar-refractivity contribution in [1.82, 2.24) is 9.97 Å². The van der Waals surface area contributed by atoms with E-state index >= 15 is 0 Å². The summed E-state index contributed by atoms with van der Waals surface area (Å²) in [4.78, 5) is 21.4. The number of carbonyl (C=O) groups is 1. The van der Waals surface area contributed by atoms with Crippen molar-refractivity contribution in [2.75, 3.05) is 36.5 Å². The monoisotopic (exact) mass is 487 g/mol. The number of benzene rings is 2. The molecule has 0 spiro atoms. The standard InChI is InChI=1S/C23H23Cl2N5O3/c24-19-14-27-22(25)29-21(19)28-17-6-7-20(30-8-10-32-11-9-30)16(13-17)5-4-15-2-1-3-18(12-15)33-23(26)31/h1-3,6-7,12-14H,4-5,8-11H2,(H2,26,31)(H,27,28,29). The smallest absolute Gasteiger partial charge is 0.409 e. The number of carbonyl (C=O) groups excluding carboxylic acids is 1. The minimum atomic E-state index is -0.830. The molecule has 0 atom stereocenters. The zero-order valence-corrected chi connectivity index (χ0v) is 19.3. The van der Waals surface area contributed by atoms with Gasteiger partial charge in [-0.15, -0.1) is 0 Å². The molecule has 1 amide bonds. The van der Waals surface area contributed by atoms with Gasteiger partial charge in [-0.05, 0) is 65.9 Å². The molecule has 0 bridgehead atoms. The van der Waals surface area contributed by atoms with Crippen LogP contribution in [0.25, 0.3) is 0 Å². The van der Waals surface area contributed by atoms with Crippen LogP contribution < -0.4 is 20.7 Å². The van der Waals surface area contributed by atoms with Gasteiger partial charge in [0.05, 0.1) is 19.4 Å². The number of rotatable bonds is 7. The highest BCUT2D eigenvalue weighted by Crippen LogP contribution is 2.30. The molecule has 0 saturated carbocycles. The molecule has 33 heavy (non-hydrogen) atoms. The predicted molar refractivity (Wildman–Crippen MR) is 129 cm³/mol. The molecular formula is C23H23Cl2N5O3. The molecule has 0 radical (unpaired) electrons. The fourth-order valence-electron chi connectivity index (χ4n) is 3.71. The van der Waals surface area contributed by atoms with E-state index in [1.807, 2.05) is 24.3 Å². The number of hydrogen-bond acceptors (Lipinski definition) is 7. The predicted octanol–water partition coefficient (Wildman–Crippen LogP) is 4.61. The largest absolute Gasteiger partial charge is 0.410 e. The van der Waals surface area contributed by atoms with E-state index in [0.717, 1.165) is 48.4 Å². The Hall–Kier alpha value is -3.07. The van der Waals surface area contributed by atoms with Crippen molar-refractivity contribution in [3.8, 4) is 5.75 Å². The van der Waals surface area contributed by atoms with E-state index in [0.29, 0.717) is 29.8 Å². The molecule has 2 heterocycles. The number of amides is 1. The highest BCUT2D eigenvalue weighted by Gasteiger charge is 2.16. The number of aryl methyl sites for hydroxylation is 2. The van der Waals surface area contributed by atoms with Crippen LogP contribution in [0.4, 0.5) is 22.0 Å². The van der Waals surface area contributed by atoms with Crippen LogP contribution in [0.2, 0.25) is 10.3 Å². The molecule has 2 aromatic carbocycles. The van der Waals surface area contributed by atoms with Gasteiger partial charge in [0.2, 0.25) is 5.28 Å². The normalized spacial score (nSPS) is 13.6. The average molecular weight is 488 g/mol. The van der Waals surface area contributed by atoms with Crippen molar-refractivity contribution in [2.24, 2.45) is 5.73 Å². The average Bonchev–Trinajstić information content (AvgIpc) is 2.81. The molecule has 1 fully saturated rings. The van der Waals surface area contributed by atoms with Crippen LogP contribution in [-0.2, 0) is 17.6 Å². The Morgan fingerprint density at radius 1 is 1.15 bits per heavy atom. The Kier molecular flexibility index (Phi) is 7.49. The number of nitrogens with two attached hydrogens (primary N) is 1. The molecule has 0 unspecified atom stereocenters. The van der Waals surface area contributed by atoms with E-state index in [4.69, 9.17) is 38.4 Å². The highest BCUT2D eigenvalue weighted by atomic mass is 35.5. The summed E-state index contributed by atoms with van der Waals surface area (Å²) in [5, 5.41) is 3.73. The molecule has 1 aliphatic rings. The number of aromatic nitrogens is 2. The summed E-state index contributed by atoms with van der Waals surface area (Å²) in [5.41, 5.74) is 9.31. The van der Waals surface area contributed by atoms with Crippen molar-refractivity contribution in [3.63, 3.8) is 0 Å². The van der Waals surface area contributed by atoms with Gasteiger partial charge in [0.15, 0.2) is 5.82 Å². The Bertz CT molecular complexity index is 1140. The molecule has 1 saturated heterocycles. The van der Waals surface area contributed by atoms with E-state index in [1.165, 1.54) is 6.20 Å². The van der Waals surface area contributed by atoms with Gasteiger partial charge in [0.25, 0.3) is 0 Å². The maximum atomic E-state index is 11.1. The lowest BCUT2D eigenvalue weighted by Crippen LogP contribution is -2.36. The Labute approximate surface area is 201 Å². The number of anilines is 3. The summed E-state index contributed by atoms with van der Waals surface area (Å²) in [6.45, 7) is 3.05. The fourth-order valence-corrected chi connectivity index (χ4v) is 3.98. The number of morpholine rings is 1. The molecule has 8 nitrogen and oxygen atoms in total. The lowest BCUT2D eigenvalue weighted by Gasteiger charge is -2.31. The van der Waals surface area contributed by atoms with Crippen LogP contribution in [0.5, 0.6) is 5.75 Å². The molecular weight excluding hydrogens is 465 g/mol. The first-order valence-electron chi connectivity index (χ1n) is 10.4. The lowest BCUT2D eigenvalue weighted by molar-refractivity contribution is 0.122. The molecule has 3 N–H and O–H groups in total. The number of primary amides is 1. The third-order valence-corrected chi connectivity index (χ3v) is 5.67. The van der Waals surface area contributed by atoms with Crippen molar-refractivity contribution in [3.05, 3.63) is 70.1 Å². The first-order chi connectivity index (χ1) is 16.0. The van der Waals surface area contributed by atoms with Gasteiger partial charge in [0, 0.05) is 24.5 Å². The zero-order chi connectivity index (χ0) is 23.2. The third kappa shape index (κ3) is 6.25. The van der Waals surface area contributed by atoms with E-state index in [9.17, 15) is 4.79 Å². The zero-order valence-electron chi connectivity index (χ0n) is 17.8. The molecule has 1 aromatic heterocycles. The van der Waals surface area contributed by atoms with E-state index in [-0.39, 0.29) is 5.28 Å². The Morgan fingerprint density at radius 2 is 1.97 bits per heavy atom. The van der Waals surface area contributed by atoms with Crippen LogP contribution in [0.3, 0.4) is 0 Å². The van der Waals surface area contributed by atoms with Gasteiger partial charge in [-0.1, -0.05) is 23.7 Å². The summed E-state index contributed by atoms with van der Waals surface area (Å²) in [6.07, 6.45) is 2.14. The van der Waals surface area contributed by atoms with Gasteiger partial charge in [0.1, 0.15) is 10.8 Å². The lowest BCUT2D eigenvalue weighted by atomic mass is 10.0. The summed E-state index contributed by atoms with van der Waals surface area (Å²) >= 11 is 12.1. The van der Waals surface area contributed by atoms with Crippen LogP contribution in [0.15, 0.2) is 48.7 Å². The van der Waals surface area contributed by atoms with Crippen molar-refractivity contribution >= 4 is 46.5 Å². The summed E-state index contributed by atoms with van der Waals surface area (Å²) in [5.74, 6) is 0.872. The second-order valence-corrected chi connectivity index (χ2v) is 8.22. The number of nitrogens with zero attached hydrogens (tertiary/aromatic N) is 3. The van der Waals surface area contributed by atoms with Crippen LogP contribution in [-0.4, -0.2) is 42.4 Å². The first-order valence-corrected chi connectivity index (χ1v) is 11.2. The van der Waals surface area contributed by atoms with Crippen molar-refractivity contribution in [1.29, 1.82) is 0 Å². The molecule has 4 rings (SSSR count). The number of ether oxygens (including phenoxy) is 2. The van der Waals surface area contributed by atoms with Gasteiger partial charge < -0.3 is 25.4 Å². The topological polar surface area (TPSA) is 103 Å². The first kappa shape index (κ1) is 23.1. The minimum absolute atomic E-state index is 0.116. The van der Waals surface area contributed by atoms with E-state index in [1.54, 1.807) is 6.07 Å². The Balaban J connectivity index is 1.58. The molecule has 10 heteroatoms. The SMILES string of the molecule is NC(=O)Oc1cccc(CCc2cc(Nc3nc(Cl)ncc3Cl)ccc2N2CCOCC2)c1. The van der Waals surface area contributed by atoms with Crippen LogP contribution in [0, 0.1) is 0 Å². The quantitative estimate of drug-likeness (QED) is 0.469. The fraction of sp³-hybridized carbons (Fsp3) is 0.261. The second-order valence-electron chi connectivity index (χ2n) is 7.47. The third-order valence-electron chi connectivity index (χ3n) is 5.21. The minimum Gasteiger partial charge on any atom is -0.410 e. The Morgan fingerprint density at radius 3 is 2.76 bits per heavy atom. The summed E-state index contributed by atoms with van der Waals surface area (Å²) in [6, 6.07) is 13.5. The molecule has 1 aliphatic heterocycles. The maximum Gasteiger partial charge on any atom is 0.409 e. The molecule has 0 aliphatic carbocycles. The van der Waals surface area contributed by atoms with Gasteiger partial charge in [-0.25, -0.2) is 9.78 Å². The maximum absolute atomic E-state index is 11.1. The number of halogens is 2. The van der Waals surface area contributed by atoms with Gasteiger partial charge in [-0.3, -0.25) is 0 Å². The highest BCUT2D eigenvalue weighted by molar-refractivity contribution is 6.33. The summed E-state index contributed by atoms with van der Waals surface area (Å²) < 4.78 is 10.5. The van der Waals surface area contributed by atoms with Crippen molar-refractivity contribution < 1.29 is 14.3 Å². The summed E-state index contributed by atoms with van der Waals surface area (Å²) in [7, 11) is 0. The van der Waals surface area contributed by atoms with Crippen LogP contribution >= 0.6 is 23.2 Å². The van der Waals surface area contributed by atoms with E-state index in [2.05, 4.69) is 32.3 Å². The van der Waals surface area contributed by atoms with Crippen LogP contribution in [0.1, 0.15) is 11.1 Å². The number of hydrogen-bond donors (Lipinski definition) is 2. The molecule has 3 aromatic rings. The second kappa shape index (κ2) is 10.7. The van der Waals surface area contributed by atoms with Crippen molar-refractivity contribution in [2.45, 2.75) is 12.8 Å².